The van der Waals surface area contributed by atoms with E-state index in [1.54, 1.807) is 0 Å². The number of rotatable bonds is 5. The van der Waals surface area contributed by atoms with Crippen molar-refractivity contribution in [3.05, 3.63) is 0 Å². The zero-order valence-corrected chi connectivity index (χ0v) is 10.7. The van der Waals surface area contributed by atoms with Crippen LogP contribution in [0.2, 0.25) is 0 Å². The van der Waals surface area contributed by atoms with Crippen molar-refractivity contribution in [1.29, 1.82) is 0 Å². The van der Waals surface area contributed by atoms with Crippen LogP contribution in [0.4, 0.5) is 39.5 Å². The molecule has 0 aliphatic carbocycles. The highest BCUT2D eigenvalue weighted by Crippen LogP contribution is 2.55. The number of hydrogen-bond donors (Lipinski definition) is 0. The van der Waals surface area contributed by atoms with Crippen molar-refractivity contribution in [3.63, 3.8) is 0 Å². The molecule has 0 spiro atoms. The molecule has 0 saturated carbocycles. The standard InChI is InChI=1S/C10H13F9O/c1-4-5-20-8(13,6(2,11)9(14,15)16)7(3,12)10(17,18)19/h4-5H2,1-3H3. The molecular weight excluding hydrogens is 307 g/mol. The average molecular weight is 320 g/mol. The molecule has 122 valence electrons. The van der Waals surface area contributed by atoms with E-state index in [1.807, 2.05) is 0 Å². The summed E-state index contributed by atoms with van der Waals surface area (Å²) in [4.78, 5) is 0. The third-order valence-corrected chi connectivity index (χ3v) is 2.78. The van der Waals surface area contributed by atoms with Crippen LogP contribution >= 0.6 is 0 Å². The topological polar surface area (TPSA) is 9.23 Å². The summed E-state index contributed by atoms with van der Waals surface area (Å²) in [5.41, 5.74) is -10.4. The highest BCUT2D eigenvalue weighted by atomic mass is 19.4. The maximum absolute atomic E-state index is 14.1. The van der Waals surface area contributed by atoms with Crippen molar-refractivity contribution >= 4 is 0 Å². The molecule has 20 heavy (non-hydrogen) atoms. The third kappa shape index (κ3) is 2.84. The van der Waals surface area contributed by atoms with E-state index in [1.165, 1.54) is 6.92 Å². The van der Waals surface area contributed by atoms with Crippen LogP contribution in [0, 0.1) is 0 Å². The van der Waals surface area contributed by atoms with Crippen LogP contribution < -0.4 is 0 Å². The first-order valence-electron chi connectivity index (χ1n) is 5.40. The minimum absolute atomic E-state index is 0.243. The number of ether oxygens (including phenoxy) is 1. The predicted octanol–water partition coefficient (Wildman–Crippen LogP) is 4.66. The number of hydrogen-bond acceptors (Lipinski definition) is 1. The largest absolute Gasteiger partial charge is 0.428 e. The van der Waals surface area contributed by atoms with Crippen molar-refractivity contribution < 1.29 is 44.3 Å². The molecule has 0 saturated heterocycles. The molecule has 0 radical (unpaired) electrons. The van der Waals surface area contributed by atoms with Crippen LogP contribution in [0.3, 0.4) is 0 Å². The normalized spacial score (nSPS) is 22.8. The van der Waals surface area contributed by atoms with E-state index in [2.05, 4.69) is 4.74 Å². The van der Waals surface area contributed by atoms with Crippen molar-refractivity contribution in [2.24, 2.45) is 0 Å². The number of alkyl halides is 9. The summed E-state index contributed by atoms with van der Waals surface area (Å²) in [6.45, 7) is -0.882. The Bertz CT molecular complexity index is 303. The highest BCUT2D eigenvalue weighted by molar-refractivity contribution is 5.10. The second-order valence-electron chi connectivity index (χ2n) is 4.45. The van der Waals surface area contributed by atoms with Gasteiger partial charge in [0.25, 0.3) is 17.2 Å². The van der Waals surface area contributed by atoms with Gasteiger partial charge < -0.3 is 4.74 Å². The van der Waals surface area contributed by atoms with Gasteiger partial charge >= 0.3 is 12.4 Å². The molecule has 0 fully saturated rings. The zero-order valence-electron chi connectivity index (χ0n) is 10.7. The Hall–Kier alpha value is -0.670. The smallest absolute Gasteiger partial charge is 0.340 e. The van der Waals surface area contributed by atoms with Crippen LogP contribution in [0.5, 0.6) is 0 Å². The molecule has 0 heterocycles. The lowest BCUT2D eigenvalue weighted by Crippen LogP contribution is -2.70. The molecule has 1 nitrogen and oxygen atoms in total. The second-order valence-corrected chi connectivity index (χ2v) is 4.45. The van der Waals surface area contributed by atoms with Crippen LogP contribution in [-0.4, -0.2) is 36.2 Å². The van der Waals surface area contributed by atoms with Crippen molar-refractivity contribution in [2.75, 3.05) is 6.61 Å². The van der Waals surface area contributed by atoms with Gasteiger partial charge in [-0.1, -0.05) is 6.92 Å². The summed E-state index contributed by atoms with van der Waals surface area (Å²) in [5.74, 6) is -5.27. The molecule has 2 atom stereocenters. The van der Waals surface area contributed by atoms with Gasteiger partial charge in [0.2, 0.25) is 0 Å². The van der Waals surface area contributed by atoms with Crippen molar-refractivity contribution in [1.82, 2.24) is 0 Å². The maximum Gasteiger partial charge on any atom is 0.428 e. The van der Waals surface area contributed by atoms with Gasteiger partial charge in [0.05, 0.1) is 6.61 Å². The zero-order chi connectivity index (χ0) is 16.6. The fourth-order valence-electron chi connectivity index (χ4n) is 1.32. The van der Waals surface area contributed by atoms with Crippen LogP contribution in [0.1, 0.15) is 27.2 Å². The third-order valence-electron chi connectivity index (χ3n) is 2.78. The minimum Gasteiger partial charge on any atom is -0.340 e. The monoisotopic (exact) mass is 320 g/mol. The van der Waals surface area contributed by atoms with E-state index >= 15 is 0 Å². The van der Waals surface area contributed by atoms with E-state index in [0.717, 1.165) is 0 Å². The second kappa shape index (κ2) is 5.27. The van der Waals surface area contributed by atoms with E-state index < -0.39 is 50.0 Å². The Balaban J connectivity index is 6.01. The van der Waals surface area contributed by atoms with Gasteiger partial charge in [-0.25, -0.2) is 13.2 Å². The number of halogens is 9. The Kier molecular flexibility index (Phi) is 5.09. The van der Waals surface area contributed by atoms with Gasteiger partial charge in [-0.2, -0.15) is 26.3 Å². The molecule has 2 unspecified atom stereocenters. The minimum atomic E-state index is -6.10. The fourth-order valence-corrected chi connectivity index (χ4v) is 1.32. The highest BCUT2D eigenvalue weighted by Gasteiger charge is 2.81. The van der Waals surface area contributed by atoms with Gasteiger partial charge in [0.1, 0.15) is 0 Å². The Morgan fingerprint density at radius 1 is 0.700 bits per heavy atom. The molecule has 0 bridgehead atoms. The molecular formula is C10H13F9O. The predicted molar refractivity (Wildman–Crippen MR) is 51.2 cm³/mol. The lowest BCUT2D eigenvalue weighted by molar-refractivity contribution is -0.402. The average Bonchev–Trinajstić information content (AvgIpc) is 2.22. The SMILES string of the molecule is CCCOC(F)(C(C)(F)C(F)(F)F)C(C)(F)C(F)(F)F. The Labute approximate surface area is 109 Å². The molecule has 0 amide bonds. The lowest BCUT2D eigenvalue weighted by atomic mass is 9.84. The molecule has 0 aromatic rings. The van der Waals surface area contributed by atoms with E-state index in [4.69, 9.17) is 0 Å². The quantitative estimate of drug-likeness (QED) is 0.670. The first kappa shape index (κ1) is 19.3. The molecule has 10 heteroatoms. The molecule has 0 aliphatic rings. The summed E-state index contributed by atoms with van der Waals surface area (Å²) in [6.07, 6.45) is -12.4. The van der Waals surface area contributed by atoms with Gasteiger partial charge in [-0.15, -0.1) is 0 Å². The van der Waals surface area contributed by atoms with E-state index in [0.29, 0.717) is 0 Å². The summed E-state index contributed by atoms with van der Waals surface area (Å²) < 4.78 is 120. The van der Waals surface area contributed by atoms with Crippen molar-refractivity contribution in [2.45, 2.75) is 56.7 Å². The maximum atomic E-state index is 14.1. The molecule has 0 aromatic heterocycles. The Morgan fingerprint density at radius 2 is 1.00 bits per heavy atom. The fraction of sp³-hybridized carbons (Fsp3) is 1.00. The molecule has 0 aromatic carbocycles. The molecule has 0 aliphatic heterocycles. The van der Waals surface area contributed by atoms with Gasteiger partial charge in [0.15, 0.2) is 0 Å². The Morgan fingerprint density at radius 3 is 1.20 bits per heavy atom. The summed E-state index contributed by atoms with van der Waals surface area (Å²) in [7, 11) is 0. The first-order valence-corrected chi connectivity index (χ1v) is 5.40. The summed E-state index contributed by atoms with van der Waals surface area (Å²) in [5, 5.41) is 0. The summed E-state index contributed by atoms with van der Waals surface area (Å²) in [6, 6.07) is 0. The van der Waals surface area contributed by atoms with E-state index in [9.17, 15) is 39.5 Å². The van der Waals surface area contributed by atoms with Gasteiger partial charge in [-0.3, -0.25) is 0 Å². The lowest BCUT2D eigenvalue weighted by Gasteiger charge is -2.44. The first-order chi connectivity index (χ1) is 8.56. The van der Waals surface area contributed by atoms with E-state index in [-0.39, 0.29) is 6.42 Å². The van der Waals surface area contributed by atoms with Gasteiger partial charge in [0, 0.05) is 0 Å². The van der Waals surface area contributed by atoms with Crippen molar-refractivity contribution in [3.8, 4) is 0 Å². The van der Waals surface area contributed by atoms with Gasteiger partial charge in [-0.05, 0) is 20.3 Å². The van der Waals surface area contributed by atoms with Crippen LogP contribution in [0.15, 0.2) is 0 Å². The van der Waals surface area contributed by atoms with Crippen LogP contribution in [0.25, 0.3) is 0 Å². The molecule has 0 rings (SSSR count). The van der Waals surface area contributed by atoms with Crippen LogP contribution in [-0.2, 0) is 4.74 Å². The summed E-state index contributed by atoms with van der Waals surface area (Å²) >= 11 is 0. The molecule has 0 N–H and O–H groups in total.